The Labute approximate surface area is 168 Å². The fourth-order valence-corrected chi connectivity index (χ4v) is 5.87. The summed E-state index contributed by atoms with van der Waals surface area (Å²) in [7, 11) is -4.27. The molecule has 158 valence electrons. The maximum atomic E-state index is 12.9. The first-order valence-electron chi connectivity index (χ1n) is 9.34. The van der Waals surface area contributed by atoms with Crippen LogP contribution in [0.2, 0.25) is 0 Å². The van der Waals surface area contributed by atoms with Gasteiger partial charge in [0.2, 0.25) is 26.0 Å². The minimum Gasteiger partial charge on any atom is -0.324 e. The van der Waals surface area contributed by atoms with Crippen LogP contribution in [-0.4, -0.2) is 63.8 Å². The lowest BCUT2D eigenvalue weighted by Crippen LogP contribution is -2.50. The van der Waals surface area contributed by atoms with E-state index in [9.17, 15) is 21.6 Å². The van der Waals surface area contributed by atoms with E-state index in [0.717, 1.165) is 17.1 Å². The lowest BCUT2D eigenvalue weighted by molar-refractivity contribution is -0.120. The molecule has 1 aliphatic heterocycles. The van der Waals surface area contributed by atoms with Crippen molar-refractivity contribution in [2.24, 2.45) is 0 Å². The van der Waals surface area contributed by atoms with Gasteiger partial charge in [0.05, 0.1) is 10.6 Å². The summed E-state index contributed by atoms with van der Waals surface area (Å²) in [6.07, 6.45) is 2.42. The number of carbonyl (C=O) groups excluding carboxylic acids is 1. The number of sulfonamides is 2. The molecule has 8 nitrogen and oxygen atoms in total. The fraction of sp³-hybridized carbons (Fsp3) is 0.611. The van der Waals surface area contributed by atoms with Crippen LogP contribution in [0, 0.1) is 6.92 Å². The number of nitrogens with zero attached hydrogens (tertiary/aromatic N) is 2. The third-order valence-corrected chi connectivity index (χ3v) is 8.71. The molecule has 28 heavy (non-hydrogen) atoms. The maximum Gasteiger partial charge on any atom is 0.242 e. The number of nitrogens with one attached hydrogen (secondary N) is 1. The predicted octanol–water partition coefficient (Wildman–Crippen LogP) is 1.78. The summed E-state index contributed by atoms with van der Waals surface area (Å²) in [6, 6.07) is 3.74. The molecule has 0 spiro atoms. The zero-order chi connectivity index (χ0) is 21.1. The standard InChI is InChI=1S/C18H29N3O5S2/c1-5-12-27(23,24)21-11-7-6-8-17(21)18(22)19-16-13-15(10-9-14(16)2)28(25,26)20(3)4/h9-10,13,17H,5-8,11-12H2,1-4H3,(H,19,22)/t17-/m0/s1. The summed E-state index contributed by atoms with van der Waals surface area (Å²) < 4.78 is 52.2. The zero-order valence-corrected chi connectivity index (χ0v) is 18.4. The van der Waals surface area contributed by atoms with Crippen LogP contribution < -0.4 is 5.32 Å². The number of benzene rings is 1. The van der Waals surface area contributed by atoms with E-state index in [1.807, 2.05) is 0 Å². The predicted molar refractivity (Wildman–Crippen MR) is 109 cm³/mol. The van der Waals surface area contributed by atoms with E-state index in [0.29, 0.717) is 30.6 Å². The second-order valence-corrected chi connectivity index (χ2v) is 11.4. The number of amides is 1. The molecule has 0 aromatic heterocycles. The minimum absolute atomic E-state index is 0.00632. The van der Waals surface area contributed by atoms with Crippen molar-refractivity contribution in [3.8, 4) is 0 Å². The molecule has 2 rings (SSSR count). The number of aryl methyl sites for hydroxylation is 1. The number of rotatable bonds is 7. The highest BCUT2D eigenvalue weighted by Gasteiger charge is 2.36. The Kier molecular flexibility index (Phi) is 7.24. The maximum absolute atomic E-state index is 12.9. The first-order valence-corrected chi connectivity index (χ1v) is 12.4. The molecule has 0 aliphatic carbocycles. The molecule has 1 aromatic carbocycles. The van der Waals surface area contributed by atoms with Crippen LogP contribution in [0.25, 0.3) is 0 Å². The van der Waals surface area contributed by atoms with Crippen molar-refractivity contribution in [1.29, 1.82) is 0 Å². The molecule has 0 radical (unpaired) electrons. The number of anilines is 1. The summed E-state index contributed by atoms with van der Waals surface area (Å²) in [5.41, 5.74) is 1.07. The van der Waals surface area contributed by atoms with E-state index in [1.54, 1.807) is 19.9 Å². The molecule has 1 aromatic rings. The lowest BCUT2D eigenvalue weighted by Gasteiger charge is -2.33. The number of hydrogen-bond donors (Lipinski definition) is 1. The first-order chi connectivity index (χ1) is 13.0. The summed E-state index contributed by atoms with van der Waals surface area (Å²) in [5.74, 6) is -0.422. The highest BCUT2D eigenvalue weighted by molar-refractivity contribution is 7.89. The normalized spacial score (nSPS) is 19.0. The minimum atomic E-state index is -3.64. The van der Waals surface area contributed by atoms with Crippen molar-refractivity contribution in [3.63, 3.8) is 0 Å². The topological polar surface area (TPSA) is 104 Å². The second kappa shape index (κ2) is 8.89. The van der Waals surface area contributed by atoms with E-state index in [-0.39, 0.29) is 10.6 Å². The second-order valence-electron chi connectivity index (χ2n) is 7.19. The van der Waals surface area contributed by atoms with Gasteiger partial charge in [-0.05, 0) is 43.9 Å². The van der Waals surface area contributed by atoms with E-state index >= 15 is 0 Å². The van der Waals surface area contributed by atoms with Crippen molar-refractivity contribution in [2.75, 3.05) is 31.7 Å². The smallest absolute Gasteiger partial charge is 0.242 e. The van der Waals surface area contributed by atoms with Crippen molar-refractivity contribution < 1.29 is 21.6 Å². The van der Waals surface area contributed by atoms with Gasteiger partial charge >= 0.3 is 0 Å². The molecule has 10 heteroatoms. The summed E-state index contributed by atoms with van der Waals surface area (Å²) in [5, 5.41) is 2.75. The van der Waals surface area contributed by atoms with Crippen LogP contribution in [0.15, 0.2) is 23.1 Å². The van der Waals surface area contributed by atoms with Gasteiger partial charge in [0.25, 0.3) is 0 Å². The Morgan fingerprint density at radius 1 is 1.21 bits per heavy atom. The van der Waals surface area contributed by atoms with Gasteiger partial charge in [-0.25, -0.2) is 21.1 Å². The molecule has 1 aliphatic rings. The third kappa shape index (κ3) is 4.91. The van der Waals surface area contributed by atoms with Gasteiger partial charge in [-0.2, -0.15) is 4.31 Å². The Morgan fingerprint density at radius 2 is 1.89 bits per heavy atom. The first kappa shape index (κ1) is 22.8. The quantitative estimate of drug-likeness (QED) is 0.709. The molecular formula is C18H29N3O5S2. The summed E-state index contributed by atoms with van der Waals surface area (Å²) in [6.45, 7) is 3.87. The molecule has 0 unspecified atom stereocenters. The molecule has 1 atom stereocenters. The Morgan fingerprint density at radius 3 is 2.50 bits per heavy atom. The molecule has 1 saturated heterocycles. The fourth-order valence-electron chi connectivity index (χ4n) is 3.20. The van der Waals surface area contributed by atoms with Crippen LogP contribution in [0.3, 0.4) is 0 Å². The van der Waals surface area contributed by atoms with Crippen LogP contribution in [-0.2, 0) is 24.8 Å². The average Bonchev–Trinajstić information content (AvgIpc) is 2.63. The van der Waals surface area contributed by atoms with Gasteiger partial charge in [-0.1, -0.05) is 19.4 Å². The molecule has 1 fully saturated rings. The molecular weight excluding hydrogens is 402 g/mol. The Hall–Kier alpha value is -1.49. The molecule has 1 amide bonds. The van der Waals surface area contributed by atoms with E-state index in [2.05, 4.69) is 5.32 Å². The van der Waals surface area contributed by atoms with Crippen LogP contribution in [0.5, 0.6) is 0 Å². The van der Waals surface area contributed by atoms with Crippen LogP contribution >= 0.6 is 0 Å². The highest BCUT2D eigenvalue weighted by atomic mass is 32.2. The third-order valence-electron chi connectivity index (χ3n) is 4.82. The van der Waals surface area contributed by atoms with Crippen molar-refractivity contribution in [2.45, 2.75) is 50.5 Å². The van der Waals surface area contributed by atoms with Gasteiger partial charge in [0.1, 0.15) is 6.04 Å². The van der Waals surface area contributed by atoms with Gasteiger partial charge in [-0.15, -0.1) is 0 Å². The van der Waals surface area contributed by atoms with E-state index in [1.165, 1.54) is 30.5 Å². The van der Waals surface area contributed by atoms with Crippen LogP contribution in [0.1, 0.15) is 38.2 Å². The van der Waals surface area contributed by atoms with E-state index < -0.39 is 32.0 Å². The number of piperidine rings is 1. The van der Waals surface area contributed by atoms with Gasteiger partial charge < -0.3 is 5.32 Å². The zero-order valence-electron chi connectivity index (χ0n) is 16.8. The SMILES string of the molecule is CCCS(=O)(=O)N1CCCC[C@H]1C(=O)Nc1cc(S(=O)(=O)N(C)C)ccc1C. The lowest BCUT2D eigenvalue weighted by atomic mass is 10.0. The van der Waals surface area contributed by atoms with Crippen molar-refractivity contribution in [3.05, 3.63) is 23.8 Å². The van der Waals surface area contributed by atoms with Gasteiger partial charge in [0.15, 0.2) is 0 Å². The molecule has 0 bridgehead atoms. The Balaban J connectivity index is 2.30. The largest absolute Gasteiger partial charge is 0.324 e. The average molecular weight is 432 g/mol. The van der Waals surface area contributed by atoms with E-state index in [4.69, 9.17) is 0 Å². The molecule has 1 heterocycles. The van der Waals surface area contributed by atoms with Gasteiger partial charge in [-0.3, -0.25) is 4.79 Å². The Bertz CT molecular complexity index is 927. The molecule has 0 saturated carbocycles. The van der Waals surface area contributed by atoms with Crippen molar-refractivity contribution in [1.82, 2.24) is 8.61 Å². The number of hydrogen-bond acceptors (Lipinski definition) is 5. The van der Waals surface area contributed by atoms with Crippen LogP contribution in [0.4, 0.5) is 5.69 Å². The number of carbonyl (C=O) groups is 1. The molecule has 1 N–H and O–H groups in total. The van der Waals surface area contributed by atoms with Crippen molar-refractivity contribution >= 4 is 31.6 Å². The highest BCUT2D eigenvalue weighted by Crippen LogP contribution is 2.25. The monoisotopic (exact) mass is 431 g/mol. The summed E-state index contributed by atoms with van der Waals surface area (Å²) >= 11 is 0. The summed E-state index contributed by atoms with van der Waals surface area (Å²) in [4.78, 5) is 13.0. The van der Waals surface area contributed by atoms with Gasteiger partial charge in [0, 0.05) is 26.3 Å².